The molecule has 1 aromatic heterocycles. The standard InChI is InChI=1S/C10H14N4O4/c1-6(13-18)9(15)14(2)8(10(16)17)3-7-4-11-5-12-7/h4-6,8H,3H2,1-2H3,(H,11,12)(H,16,17)/t6-,8-/m0/s1. The van der Waals surface area contributed by atoms with Crippen LogP contribution in [0.2, 0.25) is 0 Å². The fourth-order valence-electron chi connectivity index (χ4n) is 1.48. The zero-order valence-corrected chi connectivity index (χ0v) is 10.0. The number of aromatic amines is 1. The van der Waals surface area contributed by atoms with Gasteiger partial charge in [0.15, 0.2) is 6.04 Å². The summed E-state index contributed by atoms with van der Waals surface area (Å²) in [5.41, 5.74) is 0.522. The summed E-state index contributed by atoms with van der Waals surface area (Å²) in [7, 11) is 1.33. The van der Waals surface area contributed by atoms with Gasteiger partial charge in [-0.05, 0) is 6.92 Å². The van der Waals surface area contributed by atoms with Crippen molar-refractivity contribution in [1.82, 2.24) is 14.9 Å². The number of imidazole rings is 1. The number of hydrogen-bond acceptors (Lipinski definition) is 5. The largest absolute Gasteiger partial charge is 0.480 e. The van der Waals surface area contributed by atoms with Crippen LogP contribution in [-0.4, -0.2) is 51.0 Å². The highest BCUT2D eigenvalue weighted by Gasteiger charge is 2.30. The minimum atomic E-state index is -1.16. The number of rotatable bonds is 6. The Balaban J connectivity index is 2.81. The predicted octanol–water partition coefficient (Wildman–Crippen LogP) is 0.0187. The summed E-state index contributed by atoms with van der Waals surface area (Å²) < 4.78 is 0. The highest BCUT2D eigenvalue weighted by atomic mass is 16.4. The Bertz CT molecular complexity index is 431. The second kappa shape index (κ2) is 5.89. The second-order valence-corrected chi connectivity index (χ2v) is 3.85. The van der Waals surface area contributed by atoms with Gasteiger partial charge in [-0.25, -0.2) is 9.78 Å². The van der Waals surface area contributed by atoms with Crippen LogP contribution in [0.15, 0.2) is 17.7 Å². The van der Waals surface area contributed by atoms with Crippen LogP contribution in [0, 0.1) is 4.91 Å². The zero-order valence-electron chi connectivity index (χ0n) is 10.0. The normalized spacial score (nSPS) is 13.7. The first-order valence-electron chi connectivity index (χ1n) is 5.27. The molecule has 0 aliphatic rings. The number of nitrogens with zero attached hydrogens (tertiary/aromatic N) is 3. The van der Waals surface area contributed by atoms with Crippen LogP contribution in [0.3, 0.4) is 0 Å². The number of carboxylic acid groups (broad SMARTS) is 1. The Labute approximate surface area is 103 Å². The van der Waals surface area contributed by atoms with E-state index in [1.165, 1.54) is 20.3 Å². The van der Waals surface area contributed by atoms with Gasteiger partial charge in [0.1, 0.15) is 6.04 Å². The van der Waals surface area contributed by atoms with Crippen molar-refractivity contribution in [2.24, 2.45) is 5.18 Å². The number of aliphatic carboxylic acids is 1. The van der Waals surface area contributed by atoms with Gasteiger partial charge in [-0.15, -0.1) is 4.91 Å². The van der Waals surface area contributed by atoms with E-state index in [1.807, 2.05) is 0 Å². The zero-order chi connectivity index (χ0) is 13.7. The molecule has 0 fully saturated rings. The molecule has 0 spiro atoms. The number of aromatic nitrogens is 2. The van der Waals surface area contributed by atoms with E-state index in [1.54, 1.807) is 6.20 Å². The number of hydrogen-bond donors (Lipinski definition) is 2. The first-order valence-corrected chi connectivity index (χ1v) is 5.27. The highest BCUT2D eigenvalue weighted by Crippen LogP contribution is 2.08. The average molecular weight is 254 g/mol. The Morgan fingerprint density at radius 3 is 2.72 bits per heavy atom. The lowest BCUT2D eigenvalue weighted by molar-refractivity contribution is -0.149. The summed E-state index contributed by atoms with van der Waals surface area (Å²) in [5.74, 6) is -1.79. The fourth-order valence-corrected chi connectivity index (χ4v) is 1.48. The van der Waals surface area contributed by atoms with E-state index < -0.39 is 24.0 Å². The molecular formula is C10H14N4O4. The number of nitrogens with one attached hydrogen (secondary N) is 1. The van der Waals surface area contributed by atoms with Crippen LogP contribution in [-0.2, 0) is 16.0 Å². The van der Waals surface area contributed by atoms with Crippen LogP contribution in [0.4, 0.5) is 0 Å². The monoisotopic (exact) mass is 254 g/mol. The Hall–Kier alpha value is -2.25. The molecule has 0 saturated carbocycles. The third-order valence-electron chi connectivity index (χ3n) is 2.57. The number of nitroso groups, excluding NO2 is 1. The third-order valence-corrected chi connectivity index (χ3v) is 2.57. The molecule has 1 heterocycles. The lowest BCUT2D eigenvalue weighted by atomic mass is 10.1. The number of carbonyl (C=O) groups is 2. The van der Waals surface area contributed by atoms with Gasteiger partial charge in [0.05, 0.1) is 12.0 Å². The maximum Gasteiger partial charge on any atom is 0.326 e. The lowest BCUT2D eigenvalue weighted by Crippen LogP contribution is -2.46. The first-order chi connectivity index (χ1) is 8.47. The molecule has 0 radical (unpaired) electrons. The highest BCUT2D eigenvalue weighted by molar-refractivity contribution is 5.86. The minimum absolute atomic E-state index is 0.0622. The van der Waals surface area contributed by atoms with Gasteiger partial charge in [-0.3, -0.25) is 4.79 Å². The van der Waals surface area contributed by atoms with Gasteiger partial charge in [0, 0.05) is 19.7 Å². The molecule has 98 valence electrons. The molecule has 0 aromatic carbocycles. The van der Waals surface area contributed by atoms with Gasteiger partial charge in [-0.2, -0.15) is 0 Å². The molecule has 8 nitrogen and oxygen atoms in total. The van der Waals surface area contributed by atoms with Gasteiger partial charge in [-0.1, -0.05) is 5.18 Å². The molecule has 2 N–H and O–H groups in total. The van der Waals surface area contributed by atoms with E-state index in [4.69, 9.17) is 5.11 Å². The molecule has 8 heteroatoms. The molecule has 0 unspecified atom stereocenters. The van der Waals surface area contributed by atoms with Crippen molar-refractivity contribution in [1.29, 1.82) is 0 Å². The molecule has 0 bridgehead atoms. The number of H-pyrrole nitrogens is 1. The van der Waals surface area contributed by atoms with Crippen LogP contribution >= 0.6 is 0 Å². The van der Waals surface area contributed by atoms with Crippen molar-refractivity contribution in [2.75, 3.05) is 7.05 Å². The lowest BCUT2D eigenvalue weighted by Gasteiger charge is -2.25. The predicted molar refractivity (Wildman–Crippen MR) is 61.7 cm³/mol. The van der Waals surface area contributed by atoms with Gasteiger partial charge in [0.25, 0.3) is 5.91 Å². The quantitative estimate of drug-likeness (QED) is 0.694. The van der Waals surface area contributed by atoms with E-state index in [-0.39, 0.29) is 6.42 Å². The number of carboxylic acids is 1. The molecule has 1 amide bonds. The van der Waals surface area contributed by atoms with Crippen LogP contribution in [0.1, 0.15) is 12.6 Å². The average Bonchev–Trinajstić information content (AvgIpc) is 2.85. The molecule has 1 aromatic rings. The Kier molecular flexibility index (Phi) is 4.52. The molecule has 2 atom stereocenters. The topological polar surface area (TPSA) is 116 Å². The van der Waals surface area contributed by atoms with E-state index >= 15 is 0 Å². The Morgan fingerprint density at radius 2 is 2.28 bits per heavy atom. The summed E-state index contributed by atoms with van der Waals surface area (Å²) in [6, 6.07) is -2.18. The van der Waals surface area contributed by atoms with Crippen LogP contribution in [0.25, 0.3) is 0 Å². The summed E-state index contributed by atoms with van der Waals surface area (Å²) >= 11 is 0. The summed E-state index contributed by atoms with van der Waals surface area (Å²) in [6.45, 7) is 1.32. The molecule has 0 aliphatic heterocycles. The van der Waals surface area contributed by atoms with E-state index in [0.29, 0.717) is 5.69 Å². The molecule has 18 heavy (non-hydrogen) atoms. The van der Waals surface area contributed by atoms with Crippen molar-refractivity contribution in [3.8, 4) is 0 Å². The molecular weight excluding hydrogens is 240 g/mol. The van der Waals surface area contributed by atoms with Crippen molar-refractivity contribution in [2.45, 2.75) is 25.4 Å². The smallest absolute Gasteiger partial charge is 0.326 e. The number of amides is 1. The maximum atomic E-state index is 11.7. The summed E-state index contributed by atoms with van der Waals surface area (Å²) in [5, 5.41) is 11.7. The molecule has 1 rings (SSSR count). The minimum Gasteiger partial charge on any atom is -0.480 e. The first kappa shape index (κ1) is 13.8. The summed E-state index contributed by atoms with van der Waals surface area (Å²) in [6.07, 6.45) is 3.04. The van der Waals surface area contributed by atoms with E-state index in [0.717, 1.165) is 4.90 Å². The molecule has 0 aliphatic carbocycles. The van der Waals surface area contributed by atoms with Crippen LogP contribution < -0.4 is 0 Å². The third kappa shape index (κ3) is 3.12. The van der Waals surface area contributed by atoms with Crippen molar-refractivity contribution in [3.63, 3.8) is 0 Å². The van der Waals surface area contributed by atoms with Crippen LogP contribution in [0.5, 0.6) is 0 Å². The summed E-state index contributed by atoms with van der Waals surface area (Å²) in [4.78, 5) is 40.7. The van der Waals surface area contributed by atoms with Gasteiger partial charge in [0.2, 0.25) is 0 Å². The van der Waals surface area contributed by atoms with E-state index in [2.05, 4.69) is 15.1 Å². The SMILES string of the molecule is C[C@H](N=O)C(=O)N(C)[C@@H](Cc1c[nH]cn1)C(=O)O. The van der Waals surface area contributed by atoms with Crippen molar-refractivity contribution < 1.29 is 14.7 Å². The number of carbonyl (C=O) groups excluding carboxylic acids is 1. The van der Waals surface area contributed by atoms with Crippen molar-refractivity contribution in [3.05, 3.63) is 23.1 Å². The van der Waals surface area contributed by atoms with Crippen molar-refractivity contribution >= 4 is 11.9 Å². The second-order valence-electron chi connectivity index (χ2n) is 3.85. The Morgan fingerprint density at radius 1 is 1.61 bits per heavy atom. The number of likely N-dealkylation sites (N-methyl/N-ethyl adjacent to an activating group) is 1. The van der Waals surface area contributed by atoms with Gasteiger partial charge < -0.3 is 15.0 Å². The van der Waals surface area contributed by atoms with Gasteiger partial charge >= 0.3 is 5.97 Å². The molecule has 0 saturated heterocycles. The van der Waals surface area contributed by atoms with E-state index in [9.17, 15) is 14.5 Å². The maximum absolute atomic E-state index is 11.7. The fraction of sp³-hybridized carbons (Fsp3) is 0.500.